The van der Waals surface area contributed by atoms with E-state index < -0.39 is 0 Å². The van der Waals surface area contributed by atoms with Crippen molar-refractivity contribution in [2.24, 2.45) is 5.10 Å². The fourth-order valence-electron chi connectivity index (χ4n) is 2.29. The maximum atomic E-state index is 9.53. The number of H-pyrrole nitrogens is 1. The second-order valence-corrected chi connectivity index (χ2v) is 5.46. The van der Waals surface area contributed by atoms with E-state index in [1.54, 1.807) is 50.8 Å². The Morgan fingerprint density at radius 2 is 1.96 bits per heavy atom. The minimum atomic E-state index is 0.167. The Hall–Kier alpha value is -3.13. The maximum absolute atomic E-state index is 9.53. The number of benzene rings is 2. The van der Waals surface area contributed by atoms with Crippen LogP contribution in [0.2, 0.25) is 0 Å². The number of nitrogens with zero attached hydrogens (tertiary/aromatic N) is 3. The number of aromatic hydroxyl groups is 1. The molecule has 0 aliphatic rings. The van der Waals surface area contributed by atoms with Crippen LogP contribution < -0.4 is 9.47 Å². The van der Waals surface area contributed by atoms with Crippen LogP contribution in [0.3, 0.4) is 0 Å². The van der Waals surface area contributed by atoms with Gasteiger partial charge in [0.05, 0.1) is 20.4 Å². The first-order valence-electron chi connectivity index (χ1n) is 7.35. The van der Waals surface area contributed by atoms with Crippen molar-refractivity contribution in [1.29, 1.82) is 0 Å². The number of aromatic amines is 1. The Kier molecular flexibility index (Phi) is 4.80. The number of methoxy groups -OCH3 is 2. The van der Waals surface area contributed by atoms with E-state index >= 15 is 0 Å². The molecule has 0 bridgehead atoms. The number of nitrogens with one attached hydrogen (secondary N) is 1. The molecular weight excluding hydrogens is 340 g/mol. The molecule has 25 heavy (non-hydrogen) atoms. The highest BCUT2D eigenvalue weighted by Gasteiger charge is 2.12. The van der Waals surface area contributed by atoms with Gasteiger partial charge in [0, 0.05) is 5.56 Å². The normalized spacial score (nSPS) is 11.0. The number of hydrogen-bond donors (Lipinski definition) is 2. The largest absolute Gasteiger partial charge is 0.508 e. The zero-order valence-electron chi connectivity index (χ0n) is 13.6. The summed E-state index contributed by atoms with van der Waals surface area (Å²) in [6.45, 7) is 0. The van der Waals surface area contributed by atoms with Crippen molar-refractivity contribution < 1.29 is 14.6 Å². The highest BCUT2D eigenvalue weighted by molar-refractivity contribution is 7.71. The predicted octanol–water partition coefficient (Wildman–Crippen LogP) is 3.21. The lowest BCUT2D eigenvalue weighted by Gasteiger charge is -2.09. The molecule has 2 N–H and O–H groups in total. The summed E-state index contributed by atoms with van der Waals surface area (Å²) in [6.07, 6.45) is 1.59. The molecule has 0 unspecified atom stereocenters. The van der Waals surface area contributed by atoms with E-state index in [1.807, 2.05) is 12.1 Å². The van der Waals surface area contributed by atoms with Crippen molar-refractivity contribution in [3.05, 3.63) is 52.8 Å². The molecule has 0 aliphatic heterocycles. The number of aromatic nitrogens is 3. The third-order valence-corrected chi connectivity index (χ3v) is 3.75. The molecular formula is C17H16N4O3S. The molecule has 3 aromatic rings. The van der Waals surface area contributed by atoms with Crippen LogP contribution in [0.25, 0.3) is 11.4 Å². The first kappa shape index (κ1) is 16.7. The number of rotatable bonds is 5. The van der Waals surface area contributed by atoms with Crippen LogP contribution >= 0.6 is 12.2 Å². The molecule has 1 heterocycles. The molecule has 0 saturated carbocycles. The highest BCUT2D eigenvalue weighted by Crippen LogP contribution is 2.31. The van der Waals surface area contributed by atoms with Crippen LogP contribution in [0.4, 0.5) is 0 Å². The van der Waals surface area contributed by atoms with Gasteiger partial charge >= 0.3 is 0 Å². The van der Waals surface area contributed by atoms with Gasteiger partial charge in [0.25, 0.3) is 0 Å². The quantitative estimate of drug-likeness (QED) is 0.542. The van der Waals surface area contributed by atoms with Gasteiger partial charge in [0.1, 0.15) is 5.75 Å². The van der Waals surface area contributed by atoms with Crippen LogP contribution in [0.1, 0.15) is 5.56 Å². The summed E-state index contributed by atoms with van der Waals surface area (Å²) in [5, 5.41) is 20.9. The average molecular weight is 356 g/mol. The van der Waals surface area contributed by atoms with Gasteiger partial charge in [-0.05, 0) is 48.1 Å². The molecule has 8 heteroatoms. The van der Waals surface area contributed by atoms with Crippen molar-refractivity contribution in [2.45, 2.75) is 0 Å². The molecule has 7 nitrogen and oxygen atoms in total. The summed E-state index contributed by atoms with van der Waals surface area (Å²) in [6, 6.07) is 12.2. The molecule has 1 aromatic heterocycles. The summed E-state index contributed by atoms with van der Waals surface area (Å²) < 4.78 is 12.4. The maximum Gasteiger partial charge on any atom is 0.216 e. The minimum absolute atomic E-state index is 0.167. The van der Waals surface area contributed by atoms with Crippen LogP contribution in [-0.2, 0) is 0 Å². The zero-order chi connectivity index (χ0) is 17.8. The van der Waals surface area contributed by atoms with Gasteiger partial charge < -0.3 is 14.6 Å². The van der Waals surface area contributed by atoms with Gasteiger partial charge in [-0.3, -0.25) is 0 Å². The number of ether oxygens (including phenoxy) is 2. The average Bonchev–Trinajstić information content (AvgIpc) is 3.00. The first-order chi connectivity index (χ1) is 12.1. The molecule has 128 valence electrons. The Bertz CT molecular complexity index is 978. The van der Waals surface area contributed by atoms with E-state index in [4.69, 9.17) is 21.7 Å². The van der Waals surface area contributed by atoms with Crippen LogP contribution in [0.15, 0.2) is 47.6 Å². The molecule has 2 aromatic carbocycles. The van der Waals surface area contributed by atoms with E-state index in [-0.39, 0.29) is 5.75 Å². The van der Waals surface area contributed by atoms with E-state index in [1.165, 1.54) is 4.68 Å². The molecule has 0 saturated heterocycles. The van der Waals surface area contributed by atoms with Crippen LogP contribution in [0.5, 0.6) is 17.2 Å². The Morgan fingerprint density at radius 1 is 1.16 bits per heavy atom. The predicted molar refractivity (Wildman–Crippen MR) is 97.1 cm³/mol. The van der Waals surface area contributed by atoms with Gasteiger partial charge in [-0.2, -0.15) is 14.9 Å². The lowest BCUT2D eigenvalue weighted by Crippen LogP contribution is -1.96. The standard InChI is InChI=1S/C17H16N4O3S/c1-23-14-7-6-12(9-15(14)24-2)16-19-20-17(25)21(16)18-10-11-4-3-5-13(22)8-11/h3-10,22H,1-2H3,(H,20,25)/b18-10-. The summed E-state index contributed by atoms with van der Waals surface area (Å²) in [5.74, 6) is 1.90. The topological polar surface area (TPSA) is 84.7 Å². The molecule has 0 atom stereocenters. The van der Waals surface area contributed by atoms with E-state index in [9.17, 15) is 5.11 Å². The Balaban J connectivity index is 2.01. The number of phenols is 1. The molecule has 0 fully saturated rings. The van der Waals surface area contributed by atoms with Crippen LogP contribution in [0, 0.1) is 4.77 Å². The Labute approximate surface area is 149 Å². The molecule has 0 amide bonds. The third-order valence-electron chi connectivity index (χ3n) is 3.48. The second kappa shape index (κ2) is 7.18. The SMILES string of the molecule is COc1ccc(-c2n[nH]c(=S)n2/N=C\c2cccc(O)c2)cc1OC. The fraction of sp³-hybridized carbons (Fsp3) is 0.118. The summed E-state index contributed by atoms with van der Waals surface area (Å²) in [5.41, 5.74) is 1.50. The van der Waals surface area contributed by atoms with Gasteiger partial charge in [-0.15, -0.1) is 0 Å². The zero-order valence-corrected chi connectivity index (χ0v) is 14.4. The first-order valence-corrected chi connectivity index (χ1v) is 7.76. The van der Waals surface area contributed by atoms with Crippen molar-refractivity contribution in [2.75, 3.05) is 14.2 Å². The smallest absolute Gasteiger partial charge is 0.216 e. The van der Waals surface area contributed by atoms with Gasteiger partial charge in [0.2, 0.25) is 4.77 Å². The van der Waals surface area contributed by atoms with Crippen molar-refractivity contribution in [1.82, 2.24) is 14.9 Å². The number of hydrogen-bond acceptors (Lipinski definition) is 6. The van der Waals surface area contributed by atoms with Gasteiger partial charge in [0.15, 0.2) is 17.3 Å². The monoisotopic (exact) mass is 356 g/mol. The van der Waals surface area contributed by atoms with Crippen molar-refractivity contribution >= 4 is 18.4 Å². The highest BCUT2D eigenvalue weighted by atomic mass is 32.1. The molecule has 3 rings (SSSR count). The third kappa shape index (κ3) is 3.53. The van der Waals surface area contributed by atoms with Gasteiger partial charge in [-0.1, -0.05) is 12.1 Å². The fourth-order valence-corrected chi connectivity index (χ4v) is 2.47. The van der Waals surface area contributed by atoms with E-state index in [0.717, 1.165) is 11.1 Å². The summed E-state index contributed by atoms with van der Waals surface area (Å²) in [4.78, 5) is 0. The molecule has 0 aliphatic carbocycles. The van der Waals surface area contributed by atoms with Crippen LogP contribution in [-0.4, -0.2) is 40.4 Å². The Morgan fingerprint density at radius 3 is 2.68 bits per heavy atom. The minimum Gasteiger partial charge on any atom is -0.508 e. The van der Waals surface area contributed by atoms with E-state index in [0.29, 0.717) is 22.1 Å². The lowest BCUT2D eigenvalue weighted by atomic mass is 10.2. The number of phenolic OH excluding ortho intramolecular Hbond substituents is 1. The second-order valence-electron chi connectivity index (χ2n) is 5.07. The van der Waals surface area contributed by atoms with Crippen molar-refractivity contribution in [3.63, 3.8) is 0 Å². The molecule has 0 spiro atoms. The van der Waals surface area contributed by atoms with Crippen molar-refractivity contribution in [3.8, 4) is 28.6 Å². The summed E-state index contributed by atoms with van der Waals surface area (Å²) in [7, 11) is 3.14. The van der Waals surface area contributed by atoms with E-state index in [2.05, 4.69) is 15.3 Å². The van der Waals surface area contributed by atoms with Gasteiger partial charge in [-0.25, -0.2) is 5.10 Å². The lowest BCUT2D eigenvalue weighted by molar-refractivity contribution is 0.355. The molecule has 0 radical (unpaired) electrons. The summed E-state index contributed by atoms with van der Waals surface area (Å²) >= 11 is 5.25.